The second-order valence-electron chi connectivity index (χ2n) is 5.60. The zero-order valence-corrected chi connectivity index (χ0v) is 12.6. The van der Waals surface area contributed by atoms with Crippen molar-refractivity contribution in [3.63, 3.8) is 0 Å². The Morgan fingerprint density at radius 1 is 1.45 bits per heavy atom. The van der Waals surface area contributed by atoms with Crippen molar-refractivity contribution in [2.24, 2.45) is 0 Å². The molecule has 1 aliphatic heterocycles. The molecule has 0 saturated carbocycles. The number of anilines is 1. The summed E-state index contributed by atoms with van der Waals surface area (Å²) >= 11 is 0. The summed E-state index contributed by atoms with van der Waals surface area (Å²) in [4.78, 5) is 13.0. The first kappa shape index (κ1) is 14.9. The Morgan fingerprint density at radius 3 is 2.90 bits per heavy atom. The van der Waals surface area contributed by atoms with E-state index in [0.29, 0.717) is 18.8 Å². The molecule has 2 unspecified atom stereocenters. The molecule has 4 nitrogen and oxygen atoms in total. The second kappa shape index (κ2) is 6.75. The van der Waals surface area contributed by atoms with E-state index in [4.69, 9.17) is 4.74 Å². The molecule has 0 spiro atoms. The molecule has 1 amide bonds. The molecule has 1 aromatic carbocycles. The summed E-state index contributed by atoms with van der Waals surface area (Å²) in [6.07, 6.45) is 2.97. The van der Waals surface area contributed by atoms with Gasteiger partial charge in [0.1, 0.15) is 0 Å². The molecule has 1 aromatic rings. The number of rotatable bonds is 5. The Morgan fingerprint density at radius 2 is 2.25 bits per heavy atom. The van der Waals surface area contributed by atoms with Gasteiger partial charge in [-0.2, -0.15) is 0 Å². The van der Waals surface area contributed by atoms with Gasteiger partial charge in [-0.15, -0.1) is 0 Å². The number of nitrogens with zero attached hydrogens (tertiary/aromatic N) is 1. The maximum atomic E-state index is 11.3. The Hall–Kier alpha value is -1.55. The Kier molecular flexibility index (Phi) is 5.01. The van der Waals surface area contributed by atoms with Crippen LogP contribution in [0.4, 0.5) is 5.69 Å². The van der Waals surface area contributed by atoms with Crippen molar-refractivity contribution in [1.82, 2.24) is 4.90 Å². The highest BCUT2D eigenvalue weighted by atomic mass is 16.5. The summed E-state index contributed by atoms with van der Waals surface area (Å²) in [6, 6.07) is 8.20. The minimum atomic E-state index is 0.0803. The third kappa shape index (κ3) is 4.23. The number of hydrogen-bond donors (Lipinski definition) is 1. The van der Waals surface area contributed by atoms with E-state index in [0.717, 1.165) is 30.6 Å². The fourth-order valence-corrected chi connectivity index (χ4v) is 2.43. The highest BCUT2D eigenvalue weighted by molar-refractivity contribution is 5.72. The van der Waals surface area contributed by atoms with Crippen molar-refractivity contribution in [2.75, 3.05) is 18.9 Å². The van der Waals surface area contributed by atoms with Crippen molar-refractivity contribution < 1.29 is 9.53 Å². The van der Waals surface area contributed by atoms with E-state index in [1.807, 2.05) is 19.2 Å². The van der Waals surface area contributed by atoms with Crippen LogP contribution < -0.4 is 5.32 Å². The van der Waals surface area contributed by atoms with Crippen molar-refractivity contribution in [2.45, 2.75) is 45.4 Å². The van der Waals surface area contributed by atoms with Crippen molar-refractivity contribution in [3.8, 4) is 0 Å². The first-order valence-corrected chi connectivity index (χ1v) is 7.24. The summed E-state index contributed by atoms with van der Waals surface area (Å²) in [5.41, 5.74) is 2.22. The van der Waals surface area contributed by atoms with Gasteiger partial charge >= 0.3 is 0 Å². The van der Waals surface area contributed by atoms with Crippen LogP contribution in [0.1, 0.15) is 32.3 Å². The molecule has 20 heavy (non-hydrogen) atoms. The van der Waals surface area contributed by atoms with Crippen molar-refractivity contribution in [1.29, 1.82) is 0 Å². The van der Waals surface area contributed by atoms with Gasteiger partial charge in [-0.05, 0) is 37.5 Å². The number of ether oxygens (including phenoxy) is 1. The fourth-order valence-electron chi connectivity index (χ4n) is 2.43. The topological polar surface area (TPSA) is 41.6 Å². The summed E-state index contributed by atoms with van der Waals surface area (Å²) in [5.74, 6) is 0.0803. The highest BCUT2D eigenvalue weighted by Crippen LogP contribution is 2.20. The van der Waals surface area contributed by atoms with Gasteiger partial charge in [-0.1, -0.05) is 12.1 Å². The lowest BCUT2D eigenvalue weighted by molar-refractivity contribution is -0.128. The van der Waals surface area contributed by atoms with Crippen LogP contribution in [-0.2, 0) is 16.1 Å². The molecule has 1 fully saturated rings. The van der Waals surface area contributed by atoms with Crippen LogP contribution >= 0.6 is 0 Å². The maximum Gasteiger partial charge on any atom is 0.219 e. The first-order valence-electron chi connectivity index (χ1n) is 7.24. The number of benzene rings is 1. The van der Waals surface area contributed by atoms with Gasteiger partial charge in [0.05, 0.1) is 12.2 Å². The quantitative estimate of drug-likeness (QED) is 0.899. The van der Waals surface area contributed by atoms with E-state index >= 15 is 0 Å². The summed E-state index contributed by atoms with van der Waals surface area (Å²) in [5, 5.41) is 3.42. The molecule has 2 atom stereocenters. The van der Waals surface area contributed by atoms with E-state index in [9.17, 15) is 4.79 Å². The van der Waals surface area contributed by atoms with E-state index < -0.39 is 0 Å². The first-order chi connectivity index (χ1) is 9.54. The largest absolute Gasteiger partial charge is 0.382 e. The van der Waals surface area contributed by atoms with E-state index in [-0.39, 0.29) is 5.91 Å². The predicted molar refractivity (Wildman–Crippen MR) is 80.6 cm³/mol. The summed E-state index contributed by atoms with van der Waals surface area (Å²) < 4.78 is 5.79. The molecule has 110 valence electrons. The van der Waals surface area contributed by atoms with Gasteiger partial charge in [0.25, 0.3) is 0 Å². The average molecular weight is 276 g/mol. The molecule has 1 saturated heterocycles. The number of nitrogens with one attached hydrogen (secondary N) is 1. The molecule has 4 heteroatoms. The number of amides is 1. The fraction of sp³-hybridized carbons (Fsp3) is 0.562. The standard InChI is InChI=1S/C16H24N2O2/c1-12-7-8-16(20-12)10-17-15-6-4-5-14(9-15)11-18(3)13(2)19/h4-6,9,12,16-17H,7-8,10-11H2,1-3H3. The lowest BCUT2D eigenvalue weighted by Crippen LogP contribution is -2.23. The van der Waals surface area contributed by atoms with Gasteiger partial charge in [-0.3, -0.25) is 4.79 Å². The zero-order valence-electron chi connectivity index (χ0n) is 12.6. The molecule has 1 N–H and O–H groups in total. The Bertz CT molecular complexity index is 462. The minimum Gasteiger partial charge on any atom is -0.382 e. The molecule has 0 bridgehead atoms. The lowest BCUT2D eigenvalue weighted by Gasteiger charge is -2.17. The van der Waals surface area contributed by atoms with Gasteiger partial charge < -0.3 is 15.0 Å². The smallest absolute Gasteiger partial charge is 0.219 e. The van der Waals surface area contributed by atoms with Crippen LogP contribution in [0, 0.1) is 0 Å². The second-order valence-corrected chi connectivity index (χ2v) is 5.60. The van der Waals surface area contributed by atoms with Gasteiger partial charge in [0, 0.05) is 32.7 Å². The third-order valence-corrected chi connectivity index (χ3v) is 3.74. The minimum absolute atomic E-state index is 0.0803. The summed E-state index contributed by atoms with van der Waals surface area (Å²) in [6.45, 7) is 5.19. The maximum absolute atomic E-state index is 11.3. The van der Waals surface area contributed by atoms with Crippen LogP contribution in [-0.4, -0.2) is 36.6 Å². The van der Waals surface area contributed by atoms with Crippen LogP contribution in [0.3, 0.4) is 0 Å². The van der Waals surface area contributed by atoms with Gasteiger partial charge in [-0.25, -0.2) is 0 Å². The van der Waals surface area contributed by atoms with Gasteiger partial charge in [0.2, 0.25) is 5.91 Å². The van der Waals surface area contributed by atoms with Crippen LogP contribution in [0.5, 0.6) is 0 Å². The van der Waals surface area contributed by atoms with E-state index in [1.54, 1.807) is 11.8 Å². The molecular formula is C16H24N2O2. The molecule has 0 radical (unpaired) electrons. The normalized spacial score (nSPS) is 21.8. The number of hydrogen-bond acceptors (Lipinski definition) is 3. The molecule has 2 rings (SSSR count). The third-order valence-electron chi connectivity index (χ3n) is 3.74. The molecule has 0 aliphatic carbocycles. The monoisotopic (exact) mass is 276 g/mol. The van der Waals surface area contributed by atoms with Crippen LogP contribution in [0.15, 0.2) is 24.3 Å². The molecule has 1 aliphatic rings. The Labute approximate surface area is 121 Å². The van der Waals surface area contributed by atoms with Crippen molar-refractivity contribution in [3.05, 3.63) is 29.8 Å². The highest BCUT2D eigenvalue weighted by Gasteiger charge is 2.21. The lowest BCUT2D eigenvalue weighted by atomic mass is 10.1. The van der Waals surface area contributed by atoms with E-state index in [1.165, 1.54) is 0 Å². The van der Waals surface area contributed by atoms with Crippen molar-refractivity contribution >= 4 is 11.6 Å². The van der Waals surface area contributed by atoms with E-state index in [2.05, 4.69) is 24.4 Å². The molecular weight excluding hydrogens is 252 g/mol. The van der Waals surface area contributed by atoms with Crippen LogP contribution in [0.25, 0.3) is 0 Å². The van der Waals surface area contributed by atoms with Crippen LogP contribution in [0.2, 0.25) is 0 Å². The SMILES string of the molecule is CC(=O)N(C)Cc1cccc(NCC2CCC(C)O2)c1. The zero-order chi connectivity index (χ0) is 14.5. The molecule has 0 aromatic heterocycles. The van der Waals surface area contributed by atoms with Gasteiger partial charge in [0.15, 0.2) is 0 Å². The number of carbonyl (C=O) groups excluding carboxylic acids is 1. The molecule has 1 heterocycles. The number of carbonyl (C=O) groups is 1. The summed E-state index contributed by atoms with van der Waals surface area (Å²) in [7, 11) is 1.82. The average Bonchev–Trinajstić information content (AvgIpc) is 2.82. The predicted octanol–water partition coefficient (Wildman–Crippen LogP) is 2.64. The Balaban J connectivity index is 1.87.